The number of fused-ring (bicyclic) bond motifs is 1. The zero-order valence-electron chi connectivity index (χ0n) is 7.54. The van der Waals surface area contributed by atoms with Crippen molar-refractivity contribution in [1.29, 1.82) is 5.26 Å². The van der Waals surface area contributed by atoms with Crippen molar-refractivity contribution < 1.29 is 4.21 Å². The van der Waals surface area contributed by atoms with Gasteiger partial charge in [0.2, 0.25) is 0 Å². The maximum atomic E-state index is 11.5. The third-order valence-electron chi connectivity index (χ3n) is 1.79. The first kappa shape index (κ1) is 10.7. The Morgan fingerprint density at radius 3 is 3.07 bits per heavy atom. The minimum Gasteiger partial charge on any atom is -0.229 e. The molecule has 1 atom stereocenters. The fraction of sp³-hybridized carbons (Fsp3) is 0.111. The molecule has 0 spiro atoms. The first-order valence-electron chi connectivity index (χ1n) is 4.06. The Kier molecular flexibility index (Phi) is 3.46. The van der Waals surface area contributed by atoms with E-state index in [4.69, 9.17) is 5.26 Å². The molecule has 0 N–H and O–H groups in total. The van der Waals surface area contributed by atoms with Crippen LogP contribution in [-0.2, 0) is 11.0 Å². The van der Waals surface area contributed by atoms with E-state index < -0.39 is 11.0 Å². The van der Waals surface area contributed by atoms with Crippen LogP contribution in [0.25, 0.3) is 0 Å². The molecule has 0 saturated heterocycles. The maximum Gasteiger partial charge on any atom is 0.174 e. The Balaban J connectivity index is 2.19. The van der Waals surface area contributed by atoms with Crippen LogP contribution in [0.1, 0.15) is 5.56 Å². The SMILES string of the molecule is N#CSCSC1=NS(=O)c2ccccc21. The highest BCUT2D eigenvalue weighted by atomic mass is 32.2. The molecule has 0 aromatic heterocycles. The summed E-state index contributed by atoms with van der Waals surface area (Å²) >= 11 is 2.61. The van der Waals surface area contributed by atoms with Crippen molar-refractivity contribution in [3.05, 3.63) is 29.8 Å². The van der Waals surface area contributed by atoms with E-state index >= 15 is 0 Å². The third-order valence-corrected chi connectivity index (χ3v) is 4.64. The van der Waals surface area contributed by atoms with E-state index in [1.165, 1.54) is 11.8 Å². The fourth-order valence-corrected chi connectivity index (χ4v) is 3.79. The van der Waals surface area contributed by atoms with E-state index in [-0.39, 0.29) is 0 Å². The number of thioether (sulfide) groups is 2. The van der Waals surface area contributed by atoms with Gasteiger partial charge in [-0.15, -0.1) is 0 Å². The molecule has 15 heavy (non-hydrogen) atoms. The van der Waals surface area contributed by atoms with Gasteiger partial charge in [-0.1, -0.05) is 30.0 Å². The molecule has 6 heteroatoms. The molecule has 0 saturated carbocycles. The van der Waals surface area contributed by atoms with E-state index in [2.05, 4.69) is 4.40 Å². The normalized spacial score (nSPS) is 18.1. The minimum atomic E-state index is -1.26. The topological polar surface area (TPSA) is 53.2 Å². The van der Waals surface area contributed by atoms with Gasteiger partial charge in [-0.3, -0.25) is 0 Å². The summed E-state index contributed by atoms with van der Waals surface area (Å²) in [7, 11) is -1.26. The molecule has 0 aliphatic carbocycles. The lowest BCUT2D eigenvalue weighted by Gasteiger charge is -1.98. The zero-order valence-corrected chi connectivity index (χ0v) is 9.99. The summed E-state index contributed by atoms with van der Waals surface area (Å²) in [6.45, 7) is 0. The molecule has 1 unspecified atom stereocenters. The van der Waals surface area contributed by atoms with Crippen LogP contribution in [0.2, 0.25) is 0 Å². The zero-order chi connectivity index (χ0) is 10.7. The van der Waals surface area contributed by atoms with Crippen molar-refractivity contribution in [3.63, 3.8) is 0 Å². The van der Waals surface area contributed by atoms with Crippen LogP contribution in [0.3, 0.4) is 0 Å². The van der Waals surface area contributed by atoms with E-state index in [1.54, 1.807) is 0 Å². The number of benzene rings is 1. The lowest BCUT2D eigenvalue weighted by atomic mass is 10.2. The number of rotatable bonds is 2. The Morgan fingerprint density at radius 1 is 1.47 bits per heavy atom. The summed E-state index contributed by atoms with van der Waals surface area (Å²) in [4.78, 5) is 0.766. The van der Waals surface area contributed by atoms with E-state index in [0.29, 0.717) is 5.08 Å². The minimum absolute atomic E-state index is 0.612. The summed E-state index contributed by atoms with van der Waals surface area (Å²) in [5.74, 6) is 0. The number of hydrogen-bond acceptors (Lipinski definition) is 4. The second-order valence-corrected chi connectivity index (χ2v) is 5.85. The number of nitrogens with zero attached hydrogens (tertiary/aromatic N) is 2. The second-order valence-electron chi connectivity index (χ2n) is 2.64. The number of nitriles is 1. The van der Waals surface area contributed by atoms with Crippen LogP contribution in [-0.4, -0.2) is 14.3 Å². The van der Waals surface area contributed by atoms with Crippen molar-refractivity contribution in [3.8, 4) is 5.40 Å². The van der Waals surface area contributed by atoms with Crippen molar-refractivity contribution in [2.45, 2.75) is 4.90 Å². The van der Waals surface area contributed by atoms with Gasteiger partial charge in [-0.25, -0.2) is 4.21 Å². The van der Waals surface area contributed by atoms with Crippen LogP contribution in [0, 0.1) is 10.7 Å². The van der Waals surface area contributed by atoms with Gasteiger partial charge < -0.3 is 0 Å². The molecule has 1 aromatic rings. The number of thiocyanates is 1. The molecule has 1 aliphatic heterocycles. The molecule has 3 nitrogen and oxygen atoms in total. The smallest absolute Gasteiger partial charge is 0.174 e. The van der Waals surface area contributed by atoms with Gasteiger partial charge in [0, 0.05) is 5.56 Å². The molecule has 0 amide bonds. The molecule has 0 radical (unpaired) electrons. The Bertz CT molecular complexity index is 478. The molecule has 1 aromatic carbocycles. The van der Waals surface area contributed by atoms with Crippen LogP contribution in [0.15, 0.2) is 33.6 Å². The van der Waals surface area contributed by atoms with Crippen LogP contribution >= 0.6 is 23.5 Å². The first-order chi connectivity index (χ1) is 7.33. The highest BCUT2D eigenvalue weighted by molar-refractivity contribution is 8.26. The quantitative estimate of drug-likeness (QED) is 0.462. The van der Waals surface area contributed by atoms with Crippen molar-refractivity contribution in [2.24, 2.45) is 4.40 Å². The van der Waals surface area contributed by atoms with Gasteiger partial charge in [0.15, 0.2) is 11.0 Å². The van der Waals surface area contributed by atoms with Gasteiger partial charge in [0.05, 0.1) is 9.98 Å². The summed E-state index contributed by atoms with van der Waals surface area (Å²) < 4.78 is 15.6. The van der Waals surface area contributed by atoms with Crippen LogP contribution < -0.4 is 0 Å². The second kappa shape index (κ2) is 4.84. The van der Waals surface area contributed by atoms with Gasteiger partial charge in [0.1, 0.15) is 10.4 Å². The fourth-order valence-electron chi connectivity index (χ4n) is 1.18. The van der Waals surface area contributed by atoms with Crippen LogP contribution in [0.4, 0.5) is 0 Å². The predicted molar refractivity (Wildman–Crippen MR) is 65.0 cm³/mol. The lowest BCUT2D eigenvalue weighted by Crippen LogP contribution is -1.92. The standard InChI is InChI=1S/C9H6N2OS3/c10-5-13-6-14-9-7-3-1-2-4-8(7)15(12)11-9/h1-4H,6H2. The molecule has 0 bridgehead atoms. The third kappa shape index (κ3) is 2.25. The average molecular weight is 254 g/mol. The maximum absolute atomic E-state index is 11.5. The summed E-state index contributed by atoms with van der Waals surface area (Å²) in [6.07, 6.45) is 0. The molecule has 2 rings (SSSR count). The predicted octanol–water partition coefficient (Wildman–Crippen LogP) is 2.37. The lowest BCUT2D eigenvalue weighted by molar-refractivity contribution is 0.685. The molecule has 0 fully saturated rings. The Labute approximate surface area is 98.6 Å². The van der Waals surface area contributed by atoms with Crippen molar-refractivity contribution in [1.82, 2.24) is 0 Å². The molecular formula is C9H6N2OS3. The largest absolute Gasteiger partial charge is 0.229 e. The highest BCUT2D eigenvalue weighted by Gasteiger charge is 2.21. The Hall–Kier alpha value is -0.770. The molecular weight excluding hydrogens is 248 g/mol. The van der Waals surface area contributed by atoms with Gasteiger partial charge in [-0.2, -0.15) is 9.66 Å². The highest BCUT2D eigenvalue weighted by Crippen LogP contribution is 2.29. The van der Waals surface area contributed by atoms with Gasteiger partial charge >= 0.3 is 0 Å². The molecule has 1 heterocycles. The molecule has 76 valence electrons. The summed E-state index contributed by atoms with van der Waals surface area (Å²) in [5.41, 5.74) is 0.930. The Morgan fingerprint density at radius 2 is 2.27 bits per heavy atom. The summed E-state index contributed by atoms with van der Waals surface area (Å²) in [5, 5.41) is 11.8. The average Bonchev–Trinajstić information content (AvgIpc) is 2.58. The van der Waals surface area contributed by atoms with Crippen LogP contribution in [0.5, 0.6) is 0 Å². The van der Waals surface area contributed by atoms with E-state index in [1.807, 2.05) is 29.7 Å². The molecule has 1 aliphatic rings. The van der Waals surface area contributed by atoms with Crippen molar-refractivity contribution in [2.75, 3.05) is 5.08 Å². The van der Waals surface area contributed by atoms with Crippen molar-refractivity contribution >= 4 is 39.6 Å². The first-order valence-corrected chi connectivity index (χ1v) is 7.14. The number of hydrogen-bond donors (Lipinski definition) is 0. The van der Waals surface area contributed by atoms with Gasteiger partial charge in [-0.05, 0) is 17.8 Å². The monoisotopic (exact) mass is 254 g/mol. The van der Waals surface area contributed by atoms with E-state index in [9.17, 15) is 4.21 Å². The summed E-state index contributed by atoms with van der Waals surface area (Å²) in [6, 6.07) is 7.47. The van der Waals surface area contributed by atoms with E-state index in [0.717, 1.165) is 27.3 Å². The van der Waals surface area contributed by atoms with Gasteiger partial charge in [0.25, 0.3) is 0 Å².